The van der Waals surface area contributed by atoms with E-state index in [4.69, 9.17) is 4.74 Å². The van der Waals surface area contributed by atoms with Crippen LogP contribution in [0, 0.1) is 0 Å². The Balaban J connectivity index is 1.70. The largest absolute Gasteiger partial charge is 0.470 e. The molecule has 34 heavy (non-hydrogen) atoms. The van der Waals surface area contributed by atoms with Gasteiger partial charge in [0.05, 0.1) is 17.9 Å². The van der Waals surface area contributed by atoms with Crippen molar-refractivity contribution in [2.45, 2.75) is 20.5 Å². The SMILES string of the molecule is CCNC(=O)c1ccc(COc2nn3c(C(/C=C(\C)CO)=N/O)nnc3c3ccccc23)nc1. The van der Waals surface area contributed by atoms with E-state index in [2.05, 4.69) is 30.8 Å². The highest BCUT2D eigenvalue weighted by molar-refractivity contribution is 6.07. The average Bonchev–Trinajstić information content (AvgIpc) is 3.30. The number of carbonyl (C=O) groups is 1. The first kappa shape index (κ1) is 22.8. The van der Waals surface area contributed by atoms with Crippen molar-refractivity contribution in [3.63, 3.8) is 0 Å². The standard InChI is InChI=1S/C23H23N7O4/c1-3-24-22(32)15-8-9-16(25-11-15)13-34-23-18-7-5-4-6-17(18)20-26-27-21(30(20)28-23)19(29-33)10-14(2)12-31/h4-11,31,33H,3,12-13H2,1-2H3,(H,24,32)/b14-10+,29-19+. The van der Waals surface area contributed by atoms with E-state index in [1.807, 2.05) is 31.2 Å². The summed E-state index contributed by atoms with van der Waals surface area (Å²) in [6.07, 6.45) is 2.99. The van der Waals surface area contributed by atoms with Gasteiger partial charge in [-0.15, -0.1) is 15.3 Å². The molecule has 0 aliphatic carbocycles. The summed E-state index contributed by atoms with van der Waals surface area (Å²) < 4.78 is 7.42. The van der Waals surface area contributed by atoms with Gasteiger partial charge in [0, 0.05) is 23.5 Å². The summed E-state index contributed by atoms with van der Waals surface area (Å²) in [7, 11) is 0. The molecule has 0 saturated carbocycles. The van der Waals surface area contributed by atoms with Crippen LogP contribution in [0.25, 0.3) is 16.4 Å². The van der Waals surface area contributed by atoms with Crippen LogP contribution in [-0.4, -0.2) is 59.9 Å². The second-order valence-corrected chi connectivity index (χ2v) is 7.43. The minimum Gasteiger partial charge on any atom is -0.470 e. The zero-order valence-corrected chi connectivity index (χ0v) is 18.6. The van der Waals surface area contributed by atoms with Gasteiger partial charge in [-0.05, 0) is 43.7 Å². The van der Waals surface area contributed by atoms with E-state index in [1.165, 1.54) is 16.8 Å². The maximum absolute atomic E-state index is 11.9. The molecule has 0 radical (unpaired) electrons. The number of rotatable bonds is 8. The molecule has 0 spiro atoms. The van der Waals surface area contributed by atoms with E-state index in [0.29, 0.717) is 34.9 Å². The molecule has 11 heteroatoms. The fraction of sp³-hybridized carbons (Fsp3) is 0.217. The van der Waals surface area contributed by atoms with Crippen molar-refractivity contribution < 1.29 is 19.8 Å². The first-order chi connectivity index (χ1) is 16.5. The first-order valence-corrected chi connectivity index (χ1v) is 10.6. The van der Waals surface area contributed by atoms with E-state index in [1.54, 1.807) is 19.1 Å². The van der Waals surface area contributed by atoms with Crippen molar-refractivity contribution in [1.29, 1.82) is 0 Å². The maximum Gasteiger partial charge on any atom is 0.252 e. The molecule has 0 bridgehead atoms. The predicted octanol–water partition coefficient (Wildman–Crippen LogP) is 2.12. The van der Waals surface area contributed by atoms with Crippen LogP contribution in [0.15, 0.2) is 59.4 Å². The minimum absolute atomic E-state index is 0.0930. The number of allylic oxidation sites excluding steroid dienone is 1. The summed E-state index contributed by atoms with van der Waals surface area (Å²) in [5.74, 6) is 0.303. The van der Waals surface area contributed by atoms with Crippen molar-refractivity contribution >= 4 is 28.0 Å². The van der Waals surface area contributed by atoms with Crippen LogP contribution in [0.5, 0.6) is 5.88 Å². The van der Waals surface area contributed by atoms with Gasteiger partial charge in [-0.3, -0.25) is 9.78 Å². The number of fused-ring (bicyclic) bond motifs is 3. The number of pyridine rings is 1. The van der Waals surface area contributed by atoms with E-state index < -0.39 is 0 Å². The third-order valence-electron chi connectivity index (χ3n) is 4.98. The molecule has 0 saturated heterocycles. The molecule has 4 aromatic rings. The third kappa shape index (κ3) is 4.55. The van der Waals surface area contributed by atoms with Crippen LogP contribution >= 0.6 is 0 Å². The number of oxime groups is 1. The Morgan fingerprint density at radius 1 is 1.21 bits per heavy atom. The Hall–Kier alpha value is -4.38. The third-order valence-corrected chi connectivity index (χ3v) is 4.98. The van der Waals surface area contributed by atoms with Gasteiger partial charge in [-0.2, -0.15) is 4.52 Å². The highest BCUT2D eigenvalue weighted by Crippen LogP contribution is 2.27. The Bertz CT molecular complexity index is 1390. The number of hydrogen-bond acceptors (Lipinski definition) is 9. The molecule has 0 aliphatic heterocycles. The summed E-state index contributed by atoms with van der Waals surface area (Å²) in [4.78, 5) is 16.2. The highest BCUT2D eigenvalue weighted by atomic mass is 16.5. The van der Waals surface area contributed by atoms with Crippen LogP contribution < -0.4 is 10.1 Å². The highest BCUT2D eigenvalue weighted by Gasteiger charge is 2.18. The zero-order valence-electron chi connectivity index (χ0n) is 18.6. The number of amides is 1. The second-order valence-electron chi connectivity index (χ2n) is 7.43. The number of ether oxygens (including phenoxy) is 1. The number of aliphatic hydroxyl groups is 1. The van der Waals surface area contributed by atoms with E-state index in [0.717, 1.165) is 10.8 Å². The fourth-order valence-corrected chi connectivity index (χ4v) is 3.28. The molecule has 11 nitrogen and oxygen atoms in total. The number of benzene rings is 1. The summed E-state index contributed by atoms with van der Waals surface area (Å²) in [6.45, 7) is 3.98. The number of aromatic nitrogens is 5. The Morgan fingerprint density at radius 3 is 2.68 bits per heavy atom. The number of hydrogen-bond donors (Lipinski definition) is 3. The van der Waals surface area contributed by atoms with Gasteiger partial charge >= 0.3 is 0 Å². The predicted molar refractivity (Wildman–Crippen MR) is 124 cm³/mol. The van der Waals surface area contributed by atoms with E-state index in [9.17, 15) is 15.1 Å². The van der Waals surface area contributed by atoms with Crippen LogP contribution in [0.2, 0.25) is 0 Å². The van der Waals surface area contributed by atoms with Crippen molar-refractivity contribution in [3.05, 3.63) is 71.3 Å². The van der Waals surface area contributed by atoms with Gasteiger partial charge in [0.1, 0.15) is 12.3 Å². The smallest absolute Gasteiger partial charge is 0.252 e. The molecular formula is C23H23N7O4. The Labute approximate surface area is 194 Å². The topological polar surface area (TPSA) is 147 Å². The number of carbonyl (C=O) groups excluding carboxylic acids is 1. The minimum atomic E-state index is -0.202. The molecular weight excluding hydrogens is 438 g/mol. The fourth-order valence-electron chi connectivity index (χ4n) is 3.28. The molecule has 4 rings (SSSR count). The normalized spacial score (nSPS) is 12.3. The van der Waals surface area contributed by atoms with Gasteiger partial charge in [-0.25, -0.2) is 0 Å². The molecule has 3 aromatic heterocycles. The van der Waals surface area contributed by atoms with Gasteiger partial charge in [0.25, 0.3) is 5.91 Å². The Kier molecular flexibility index (Phi) is 6.74. The van der Waals surface area contributed by atoms with Crippen LogP contribution in [0.3, 0.4) is 0 Å². The van der Waals surface area contributed by atoms with Gasteiger partial charge < -0.3 is 20.4 Å². The molecule has 0 unspecified atom stereocenters. The zero-order chi connectivity index (χ0) is 24.1. The Morgan fingerprint density at radius 2 is 2.00 bits per heavy atom. The van der Waals surface area contributed by atoms with Gasteiger partial charge in [-0.1, -0.05) is 23.4 Å². The maximum atomic E-state index is 11.9. The number of nitrogens with one attached hydrogen (secondary N) is 1. The number of aliphatic hydroxyl groups excluding tert-OH is 1. The second kappa shape index (κ2) is 10.0. The molecule has 3 N–H and O–H groups in total. The summed E-state index contributed by atoms with van der Waals surface area (Å²) >= 11 is 0. The van der Waals surface area contributed by atoms with Crippen LogP contribution in [0.1, 0.15) is 35.7 Å². The van der Waals surface area contributed by atoms with Crippen LogP contribution in [-0.2, 0) is 6.61 Å². The molecule has 0 fully saturated rings. The van der Waals surface area contributed by atoms with E-state index in [-0.39, 0.29) is 30.7 Å². The van der Waals surface area contributed by atoms with Crippen molar-refractivity contribution in [2.24, 2.45) is 5.16 Å². The lowest BCUT2D eigenvalue weighted by molar-refractivity contribution is 0.0955. The lowest BCUT2D eigenvalue weighted by Crippen LogP contribution is -2.22. The molecule has 0 atom stereocenters. The van der Waals surface area contributed by atoms with Gasteiger partial charge in [0.2, 0.25) is 11.7 Å². The van der Waals surface area contributed by atoms with Crippen LogP contribution in [0.4, 0.5) is 0 Å². The van der Waals surface area contributed by atoms with Gasteiger partial charge in [0.15, 0.2) is 5.65 Å². The summed E-state index contributed by atoms with van der Waals surface area (Å²) in [5.41, 5.74) is 2.20. The lowest BCUT2D eigenvalue weighted by atomic mass is 10.2. The molecule has 1 aromatic carbocycles. The van der Waals surface area contributed by atoms with Crippen molar-refractivity contribution in [3.8, 4) is 5.88 Å². The molecule has 0 aliphatic rings. The molecule has 174 valence electrons. The lowest BCUT2D eigenvalue weighted by Gasteiger charge is -2.10. The molecule has 3 heterocycles. The number of nitrogens with zero attached hydrogens (tertiary/aromatic N) is 6. The van der Waals surface area contributed by atoms with E-state index >= 15 is 0 Å². The summed E-state index contributed by atoms with van der Waals surface area (Å²) in [6, 6.07) is 10.8. The van der Waals surface area contributed by atoms with Crippen molar-refractivity contribution in [1.82, 2.24) is 30.1 Å². The quantitative estimate of drug-likeness (QED) is 0.205. The van der Waals surface area contributed by atoms with Crippen molar-refractivity contribution in [2.75, 3.05) is 13.2 Å². The summed E-state index contributed by atoms with van der Waals surface area (Å²) in [5, 5.41) is 39.2. The first-order valence-electron chi connectivity index (χ1n) is 10.6. The molecule has 1 amide bonds. The monoisotopic (exact) mass is 461 g/mol. The average molecular weight is 461 g/mol.